The van der Waals surface area contributed by atoms with Crippen molar-refractivity contribution in [1.29, 1.82) is 0 Å². The number of non-ortho nitro benzene ring substituents is 1. The lowest BCUT2D eigenvalue weighted by molar-refractivity contribution is -0.384. The van der Waals surface area contributed by atoms with Gasteiger partial charge in [0, 0.05) is 17.8 Å². The molecule has 0 bridgehead atoms. The van der Waals surface area contributed by atoms with Gasteiger partial charge in [-0.05, 0) is 19.1 Å². The fourth-order valence-electron chi connectivity index (χ4n) is 1.64. The van der Waals surface area contributed by atoms with Crippen LogP contribution in [0.3, 0.4) is 0 Å². The van der Waals surface area contributed by atoms with E-state index in [0.29, 0.717) is 0 Å². The first kappa shape index (κ1) is 19.4. The van der Waals surface area contributed by atoms with E-state index in [4.69, 9.17) is 0 Å². The molecule has 0 aliphatic rings. The number of nitro groups is 1. The van der Waals surface area contributed by atoms with Crippen LogP contribution in [0.2, 0.25) is 0 Å². The first-order valence-corrected chi connectivity index (χ1v) is 6.52. The number of rotatable bonds is 6. The molecule has 1 atom stereocenters. The smallest absolute Gasteiger partial charge is 0.428 e. The molecule has 0 aliphatic carbocycles. The van der Waals surface area contributed by atoms with Crippen molar-refractivity contribution in [2.24, 2.45) is 0 Å². The van der Waals surface area contributed by atoms with Crippen LogP contribution in [0.25, 0.3) is 0 Å². The van der Waals surface area contributed by atoms with Crippen molar-refractivity contribution in [2.75, 3.05) is 11.9 Å². The summed E-state index contributed by atoms with van der Waals surface area (Å²) in [6.07, 6.45) is -7.04. The van der Waals surface area contributed by atoms with Gasteiger partial charge in [0.2, 0.25) is 5.91 Å². The highest BCUT2D eigenvalue weighted by molar-refractivity contribution is 5.96. The molecular weight excluding hydrogens is 337 g/mol. The number of anilines is 1. The predicted molar refractivity (Wildman–Crippen MR) is 74.0 cm³/mol. The number of amides is 1. The largest absolute Gasteiger partial charge is 0.464 e. The molecule has 1 aromatic rings. The SMILES string of the molecule is CCOC(=O)[C@@](O)(CC(=O)Nc1ccc([N+](=O)[O-])cc1)C(F)(F)F. The summed E-state index contributed by atoms with van der Waals surface area (Å²) in [5, 5.41) is 22.0. The number of hydrogen-bond acceptors (Lipinski definition) is 6. The number of nitrogens with zero attached hydrogens (tertiary/aromatic N) is 1. The maximum atomic E-state index is 12.9. The minimum absolute atomic E-state index is 0.0426. The molecule has 8 nitrogen and oxygen atoms in total. The number of nitro benzene ring substituents is 1. The molecule has 0 aliphatic heterocycles. The third-order valence-corrected chi connectivity index (χ3v) is 2.86. The van der Waals surface area contributed by atoms with Gasteiger partial charge in [-0.3, -0.25) is 14.9 Å². The van der Waals surface area contributed by atoms with Gasteiger partial charge in [0.05, 0.1) is 18.0 Å². The fourth-order valence-corrected chi connectivity index (χ4v) is 1.64. The van der Waals surface area contributed by atoms with Gasteiger partial charge in [-0.25, -0.2) is 4.79 Å². The minimum atomic E-state index is -5.42. The van der Waals surface area contributed by atoms with E-state index in [2.05, 4.69) is 4.74 Å². The third kappa shape index (κ3) is 4.41. The molecule has 0 unspecified atom stereocenters. The van der Waals surface area contributed by atoms with Crippen LogP contribution in [-0.2, 0) is 14.3 Å². The van der Waals surface area contributed by atoms with Crippen LogP contribution in [-0.4, -0.2) is 40.3 Å². The number of carbonyl (C=O) groups is 2. The molecule has 2 N–H and O–H groups in total. The number of aliphatic hydroxyl groups is 1. The predicted octanol–water partition coefficient (Wildman–Crippen LogP) is 1.78. The molecular formula is C13H13F3N2O6. The van der Waals surface area contributed by atoms with Gasteiger partial charge < -0.3 is 15.2 Å². The van der Waals surface area contributed by atoms with Crippen molar-refractivity contribution < 1.29 is 37.5 Å². The van der Waals surface area contributed by atoms with Crippen LogP contribution >= 0.6 is 0 Å². The van der Waals surface area contributed by atoms with E-state index in [1.54, 1.807) is 0 Å². The standard InChI is InChI=1S/C13H13F3N2O6/c1-2-24-11(20)12(21,13(14,15)16)7-10(19)17-8-3-5-9(6-4-8)18(22)23/h3-6,21H,2,7H2,1H3,(H,17,19)/t12-/m0/s1. The summed E-state index contributed by atoms with van der Waals surface area (Å²) in [4.78, 5) is 32.8. The fraction of sp³-hybridized carbons (Fsp3) is 0.385. The first-order chi connectivity index (χ1) is 11.0. The molecule has 0 radical (unpaired) electrons. The molecule has 11 heteroatoms. The summed E-state index contributed by atoms with van der Waals surface area (Å²) in [5.74, 6) is -3.31. The summed E-state index contributed by atoms with van der Waals surface area (Å²) >= 11 is 0. The number of halogens is 3. The average molecular weight is 350 g/mol. The zero-order valence-corrected chi connectivity index (χ0v) is 12.3. The number of alkyl halides is 3. The Hall–Kier alpha value is -2.69. The Bertz CT molecular complexity index is 632. The Balaban J connectivity index is 2.89. The van der Waals surface area contributed by atoms with Crippen LogP contribution in [0.5, 0.6) is 0 Å². The molecule has 0 heterocycles. The maximum absolute atomic E-state index is 12.9. The lowest BCUT2D eigenvalue weighted by atomic mass is 9.98. The second kappa shape index (κ2) is 7.25. The molecule has 0 aromatic heterocycles. The molecule has 0 saturated heterocycles. The molecule has 0 fully saturated rings. The number of esters is 1. The normalized spacial score (nSPS) is 13.7. The van der Waals surface area contributed by atoms with E-state index in [-0.39, 0.29) is 11.4 Å². The number of hydrogen-bond donors (Lipinski definition) is 2. The summed E-state index contributed by atoms with van der Waals surface area (Å²) < 4.78 is 42.9. The Labute approximate surface area is 133 Å². The second-order valence-corrected chi connectivity index (χ2v) is 4.61. The summed E-state index contributed by atoms with van der Waals surface area (Å²) in [6.45, 7) is 0.826. The van der Waals surface area contributed by atoms with E-state index in [1.165, 1.54) is 6.92 Å². The van der Waals surface area contributed by atoms with Crippen LogP contribution in [0.4, 0.5) is 24.5 Å². The highest BCUT2D eigenvalue weighted by Crippen LogP contribution is 2.34. The Morgan fingerprint density at radius 3 is 2.25 bits per heavy atom. The van der Waals surface area contributed by atoms with E-state index in [1.807, 2.05) is 5.32 Å². The first-order valence-electron chi connectivity index (χ1n) is 6.52. The zero-order chi connectivity index (χ0) is 18.5. The monoisotopic (exact) mass is 350 g/mol. The lowest BCUT2D eigenvalue weighted by Gasteiger charge is -2.27. The van der Waals surface area contributed by atoms with Crippen LogP contribution in [0.15, 0.2) is 24.3 Å². The van der Waals surface area contributed by atoms with Gasteiger partial charge in [0.1, 0.15) is 0 Å². The number of ether oxygens (including phenoxy) is 1. The van der Waals surface area contributed by atoms with Crippen molar-refractivity contribution in [2.45, 2.75) is 25.1 Å². The minimum Gasteiger partial charge on any atom is -0.464 e. The average Bonchev–Trinajstić information content (AvgIpc) is 2.46. The Morgan fingerprint density at radius 1 is 1.29 bits per heavy atom. The van der Waals surface area contributed by atoms with E-state index in [9.17, 15) is 38.0 Å². The van der Waals surface area contributed by atoms with Crippen molar-refractivity contribution >= 4 is 23.3 Å². The van der Waals surface area contributed by atoms with E-state index in [0.717, 1.165) is 24.3 Å². The van der Waals surface area contributed by atoms with Gasteiger partial charge in [-0.1, -0.05) is 0 Å². The van der Waals surface area contributed by atoms with Crippen molar-refractivity contribution in [3.05, 3.63) is 34.4 Å². The van der Waals surface area contributed by atoms with Gasteiger partial charge in [-0.2, -0.15) is 13.2 Å². The second-order valence-electron chi connectivity index (χ2n) is 4.61. The number of nitrogens with one attached hydrogen (secondary N) is 1. The summed E-state index contributed by atoms with van der Waals surface area (Å²) in [6, 6.07) is 4.23. The van der Waals surface area contributed by atoms with Crippen LogP contribution in [0.1, 0.15) is 13.3 Å². The molecule has 1 rings (SSSR count). The lowest BCUT2D eigenvalue weighted by Crippen LogP contribution is -2.54. The highest BCUT2D eigenvalue weighted by atomic mass is 19.4. The molecule has 24 heavy (non-hydrogen) atoms. The van der Waals surface area contributed by atoms with Gasteiger partial charge in [-0.15, -0.1) is 0 Å². The van der Waals surface area contributed by atoms with Gasteiger partial charge >= 0.3 is 12.1 Å². The Kier molecular flexibility index (Phi) is 5.85. The summed E-state index contributed by atoms with van der Waals surface area (Å²) in [7, 11) is 0. The highest BCUT2D eigenvalue weighted by Gasteiger charge is 2.61. The topological polar surface area (TPSA) is 119 Å². The van der Waals surface area contributed by atoms with Crippen molar-refractivity contribution in [1.82, 2.24) is 0 Å². The maximum Gasteiger partial charge on any atom is 0.428 e. The van der Waals surface area contributed by atoms with Gasteiger partial charge in [0.15, 0.2) is 0 Å². The van der Waals surface area contributed by atoms with E-state index >= 15 is 0 Å². The quantitative estimate of drug-likeness (QED) is 0.459. The molecule has 0 spiro atoms. The number of carbonyl (C=O) groups excluding carboxylic acids is 2. The van der Waals surface area contributed by atoms with Crippen LogP contribution in [0, 0.1) is 10.1 Å². The zero-order valence-electron chi connectivity index (χ0n) is 12.3. The molecule has 1 aromatic carbocycles. The van der Waals surface area contributed by atoms with Crippen LogP contribution < -0.4 is 5.32 Å². The van der Waals surface area contributed by atoms with Crippen molar-refractivity contribution in [3.8, 4) is 0 Å². The Morgan fingerprint density at radius 2 is 1.83 bits per heavy atom. The molecule has 132 valence electrons. The van der Waals surface area contributed by atoms with Crippen molar-refractivity contribution in [3.63, 3.8) is 0 Å². The molecule has 0 saturated carbocycles. The molecule has 1 amide bonds. The third-order valence-electron chi connectivity index (χ3n) is 2.86. The summed E-state index contributed by atoms with van der Waals surface area (Å²) in [5.41, 5.74) is -4.32. The van der Waals surface area contributed by atoms with E-state index < -0.39 is 41.6 Å². The number of benzene rings is 1. The van der Waals surface area contributed by atoms with Gasteiger partial charge in [0.25, 0.3) is 11.3 Å².